The molecule has 0 radical (unpaired) electrons. The molecule has 4 rings (SSSR count). The maximum absolute atomic E-state index is 12.4. The van der Waals surface area contributed by atoms with Crippen molar-refractivity contribution in [3.63, 3.8) is 0 Å². The van der Waals surface area contributed by atoms with Crippen molar-refractivity contribution in [2.24, 2.45) is 0 Å². The van der Waals surface area contributed by atoms with E-state index in [0.717, 1.165) is 33.4 Å². The summed E-state index contributed by atoms with van der Waals surface area (Å²) >= 11 is 0. The van der Waals surface area contributed by atoms with Gasteiger partial charge in [-0.25, -0.2) is 4.98 Å². The first-order valence-corrected chi connectivity index (χ1v) is 7.88. The van der Waals surface area contributed by atoms with Gasteiger partial charge in [-0.05, 0) is 36.2 Å². The molecule has 0 aliphatic heterocycles. The molecular formula is C21H16N2O. The van der Waals surface area contributed by atoms with Crippen LogP contribution < -0.4 is 5.56 Å². The summed E-state index contributed by atoms with van der Waals surface area (Å²) in [5, 5.41) is 1.08. The molecule has 0 fully saturated rings. The van der Waals surface area contributed by atoms with Gasteiger partial charge in [-0.15, -0.1) is 0 Å². The smallest absolute Gasteiger partial charge is 0.251 e. The molecule has 0 unspecified atom stereocenters. The summed E-state index contributed by atoms with van der Waals surface area (Å²) in [4.78, 5) is 20.0. The van der Waals surface area contributed by atoms with Gasteiger partial charge < -0.3 is 4.98 Å². The van der Waals surface area contributed by atoms with E-state index in [1.54, 1.807) is 0 Å². The van der Waals surface area contributed by atoms with E-state index in [0.29, 0.717) is 5.56 Å². The van der Waals surface area contributed by atoms with Crippen LogP contribution in [0.25, 0.3) is 33.4 Å². The van der Waals surface area contributed by atoms with Gasteiger partial charge in [-0.3, -0.25) is 4.79 Å². The van der Waals surface area contributed by atoms with Crippen LogP contribution in [0.5, 0.6) is 0 Å². The minimum Gasteiger partial charge on any atom is -0.320 e. The molecule has 3 heteroatoms. The molecule has 0 aliphatic carbocycles. The Hall–Kier alpha value is -3.20. The second-order valence-corrected chi connectivity index (χ2v) is 5.81. The first-order valence-electron chi connectivity index (χ1n) is 7.88. The van der Waals surface area contributed by atoms with E-state index >= 15 is 0 Å². The second kappa shape index (κ2) is 5.78. The molecule has 2 aromatic carbocycles. The van der Waals surface area contributed by atoms with Crippen LogP contribution in [0, 0.1) is 6.92 Å². The Kier molecular flexibility index (Phi) is 3.47. The Morgan fingerprint density at radius 2 is 1.62 bits per heavy atom. The Balaban J connectivity index is 1.92. The highest BCUT2D eigenvalue weighted by Gasteiger charge is 2.10. The number of benzene rings is 2. The average Bonchev–Trinajstić information content (AvgIpc) is 2.64. The Morgan fingerprint density at radius 3 is 2.46 bits per heavy atom. The van der Waals surface area contributed by atoms with Crippen LogP contribution in [0.4, 0.5) is 0 Å². The summed E-state index contributed by atoms with van der Waals surface area (Å²) in [5.74, 6) is 0. The van der Waals surface area contributed by atoms with Gasteiger partial charge in [0.25, 0.3) is 5.56 Å². The fraction of sp³-hybridized carbons (Fsp3) is 0.0476. The molecule has 0 saturated heterocycles. The molecule has 2 aromatic heterocycles. The van der Waals surface area contributed by atoms with Crippen molar-refractivity contribution in [2.45, 2.75) is 6.92 Å². The molecular weight excluding hydrogens is 296 g/mol. The van der Waals surface area contributed by atoms with Crippen LogP contribution in [0.15, 0.2) is 77.6 Å². The first-order chi connectivity index (χ1) is 11.7. The zero-order valence-corrected chi connectivity index (χ0v) is 13.3. The fourth-order valence-corrected chi connectivity index (χ4v) is 2.90. The number of fused-ring (bicyclic) bond motifs is 1. The first kappa shape index (κ1) is 14.4. The van der Waals surface area contributed by atoms with Crippen molar-refractivity contribution in [3.05, 3.63) is 88.7 Å². The largest absolute Gasteiger partial charge is 0.320 e. The summed E-state index contributed by atoms with van der Waals surface area (Å²) in [5.41, 5.74) is 5.01. The molecule has 3 nitrogen and oxygen atoms in total. The Labute approximate surface area is 139 Å². The zero-order chi connectivity index (χ0) is 16.5. The van der Waals surface area contributed by atoms with Gasteiger partial charge in [-0.1, -0.05) is 54.6 Å². The van der Waals surface area contributed by atoms with Crippen molar-refractivity contribution < 1.29 is 0 Å². The van der Waals surface area contributed by atoms with E-state index in [9.17, 15) is 4.79 Å². The van der Waals surface area contributed by atoms with E-state index in [-0.39, 0.29) is 5.56 Å². The summed E-state index contributed by atoms with van der Waals surface area (Å²) < 4.78 is 0. The summed E-state index contributed by atoms with van der Waals surface area (Å²) in [6, 6.07) is 23.9. The third kappa shape index (κ3) is 2.50. The molecule has 24 heavy (non-hydrogen) atoms. The SMILES string of the molecule is Cc1c(-c2ccccc2)cc(-c2ccc3ccccc3n2)[nH]c1=O. The van der Waals surface area contributed by atoms with Crippen molar-refractivity contribution in [1.82, 2.24) is 9.97 Å². The lowest BCUT2D eigenvalue weighted by Crippen LogP contribution is -2.12. The maximum Gasteiger partial charge on any atom is 0.251 e. The van der Waals surface area contributed by atoms with Crippen molar-refractivity contribution in [2.75, 3.05) is 0 Å². The van der Waals surface area contributed by atoms with Gasteiger partial charge in [0.05, 0.1) is 16.9 Å². The fourth-order valence-electron chi connectivity index (χ4n) is 2.90. The monoisotopic (exact) mass is 312 g/mol. The lowest BCUT2D eigenvalue weighted by Gasteiger charge is -2.09. The molecule has 2 heterocycles. The predicted octanol–water partition coefficient (Wildman–Crippen LogP) is 4.57. The number of para-hydroxylation sites is 1. The third-order valence-corrected chi connectivity index (χ3v) is 4.24. The van der Waals surface area contributed by atoms with Gasteiger partial charge in [0.1, 0.15) is 0 Å². The number of pyridine rings is 2. The van der Waals surface area contributed by atoms with E-state index < -0.39 is 0 Å². The average molecular weight is 312 g/mol. The molecule has 0 spiro atoms. The van der Waals surface area contributed by atoms with Crippen LogP contribution in [-0.4, -0.2) is 9.97 Å². The van der Waals surface area contributed by atoms with Crippen molar-refractivity contribution in [3.8, 4) is 22.5 Å². The lowest BCUT2D eigenvalue weighted by atomic mass is 10.0. The van der Waals surface area contributed by atoms with E-state index in [2.05, 4.69) is 9.97 Å². The lowest BCUT2D eigenvalue weighted by molar-refractivity contribution is 1.17. The molecule has 0 aliphatic rings. The van der Waals surface area contributed by atoms with Gasteiger partial charge in [0.2, 0.25) is 0 Å². The standard InChI is InChI=1S/C21H16N2O/c1-14-17(15-7-3-2-4-8-15)13-20(23-21(14)24)19-12-11-16-9-5-6-10-18(16)22-19/h2-13H,1H3,(H,23,24). The highest BCUT2D eigenvalue weighted by Crippen LogP contribution is 2.26. The predicted molar refractivity (Wildman–Crippen MR) is 98.0 cm³/mol. The van der Waals surface area contributed by atoms with E-state index in [4.69, 9.17) is 0 Å². The Bertz CT molecular complexity index is 1080. The van der Waals surface area contributed by atoms with Crippen LogP contribution in [-0.2, 0) is 0 Å². The summed E-state index contributed by atoms with van der Waals surface area (Å²) in [6.45, 7) is 1.85. The number of aromatic amines is 1. The number of hydrogen-bond donors (Lipinski definition) is 1. The number of rotatable bonds is 2. The van der Waals surface area contributed by atoms with Gasteiger partial charge in [-0.2, -0.15) is 0 Å². The van der Waals surface area contributed by atoms with Crippen LogP contribution in [0.2, 0.25) is 0 Å². The van der Waals surface area contributed by atoms with Crippen LogP contribution in [0.3, 0.4) is 0 Å². The maximum atomic E-state index is 12.4. The molecule has 1 N–H and O–H groups in total. The number of H-pyrrole nitrogens is 1. The minimum absolute atomic E-state index is 0.0821. The molecule has 116 valence electrons. The van der Waals surface area contributed by atoms with Gasteiger partial charge in [0.15, 0.2) is 0 Å². The van der Waals surface area contributed by atoms with Crippen LogP contribution >= 0.6 is 0 Å². The van der Waals surface area contributed by atoms with E-state index in [1.165, 1.54) is 0 Å². The quantitative estimate of drug-likeness (QED) is 0.589. The highest BCUT2D eigenvalue weighted by molar-refractivity contribution is 5.81. The summed E-state index contributed by atoms with van der Waals surface area (Å²) in [6.07, 6.45) is 0. The van der Waals surface area contributed by atoms with Crippen LogP contribution in [0.1, 0.15) is 5.56 Å². The number of nitrogens with zero attached hydrogens (tertiary/aromatic N) is 1. The normalized spacial score (nSPS) is 10.9. The number of nitrogens with one attached hydrogen (secondary N) is 1. The Morgan fingerprint density at radius 1 is 0.875 bits per heavy atom. The third-order valence-electron chi connectivity index (χ3n) is 4.24. The topological polar surface area (TPSA) is 45.8 Å². The zero-order valence-electron chi connectivity index (χ0n) is 13.3. The highest BCUT2D eigenvalue weighted by atomic mass is 16.1. The number of hydrogen-bond acceptors (Lipinski definition) is 2. The molecule has 0 amide bonds. The number of aromatic nitrogens is 2. The van der Waals surface area contributed by atoms with Crippen molar-refractivity contribution in [1.29, 1.82) is 0 Å². The van der Waals surface area contributed by atoms with Crippen molar-refractivity contribution >= 4 is 10.9 Å². The van der Waals surface area contributed by atoms with Gasteiger partial charge >= 0.3 is 0 Å². The minimum atomic E-state index is -0.0821. The van der Waals surface area contributed by atoms with Gasteiger partial charge in [0, 0.05) is 10.9 Å². The molecule has 4 aromatic rings. The van der Waals surface area contributed by atoms with E-state index in [1.807, 2.05) is 79.7 Å². The molecule has 0 bridgehead atoms. The summed E-state index contributed by atoms with van der Waals surface area (Å²) in [7, 11) is 0. The molecule has 0 saturated carbocycles. The second-order valence-electron chi connectivity index (χ2n) is 5.81. The molecule has 0 atom stereocenters.